The van der Waals surface area contributed by atoms with Crippen molar-refractivity contribution < 1.29 is 26.7 Å². The molecule has 0 saturated carbocycles. The largest absolute Gasteiger partial charge is 0.497 e. The molecule has 1 aliphatic rings. The van der Waals surface area contributed by atoms with Gasteiger partial charge < -0.3 is 10.1 Å². The van der Waals surface area contributed by atoms with Gasteiger partial charge in [-0.25, -0.2) is 26.7 Å². The van der Waals surface area contributed by atoms with Crippen LogP contribution in [0.2, 0.25) is 0 Å². The van der Waals surface area contributed by atoms with Gasteiger partial charge in [0.05, 0.1) is 17.7 Å². The maximum atomic E-state index is 13.6. The van der Waals surface area contributed by atoms with Crippen molar-refractivity contribution in [3.05, 3.63) is 48.0 Å². The SMILES string of the molecule is COc1ccc2c(c1)[S]=C(NC(=O)NS(=O)(=O)c1ccc(F)cc1F)N2. The van der Waals surface area contributed by atoms with Crippen LogP contribution in [0.4, 0.5) is 19.3 Å². The number of amides is 2. The van der Waals surface area contributed by atoms with E-state index in [1.807, 2.05) is 0 Å². The number of carbonyl (C=O) groups excluding carboxylic acids is 1. The molecule has 26 heavy (non-hydrogen) atoms. The number of carbonyl (C=O) groups is 1. The second-order valence-electron chi connectivity index (χ2n) is 5.05. The lowest BCUT2D eigenvalue weighted by molar-refractivity contribution is 0.250. The molecule has 7 nitrogen and oxygen atoms in total. The van der Waals surface area contributed by atoms with Crippen molar-refractivity contribution in [1.29, 1.82) is 0 Å². The smallest absolute Gasteiger partial charge is 0.334 e. The Labute approximate surface area is 151 Å². The van der Waals surface area contributed by atoms with Gasteiger partial charge in [0.15, 0.2) is 5.11 Å². The molecular weight excluding hydrogens is 388 g/mol. The highest BCUT2D eigenvalue weighted by Gasteiger charge is 2.23. The third-order valence-electron chi connectivity index (χ3n) is 3.29. The summed E-state index contributed by atoms with van der Waals surface area (Å²) in [6.07, 6.45) is 0. The predicted molar refractivity (Wildman–Crippen MR) is 92.7 cm³/mol. The molecule has 3 N–H and O–H groups in total. The molecule has 3 rings (SSSR count). The first-order valence-corrected chi connectivity index (χ1v) is 9.37. The number of rotatable bonds is 3. The minimum Gasteiger partial charge on any atom is -0.497 e. The first-order chi connectivity index (χ1) is 12.3. The lowest BCUT2D eigenvalue weighted by atomic mass is 10.3. The zero-order valence-corrected chi connectivity index (χ0v) is 14.8. The summed E-state index contributed by atoms with van der Waals surface area (Å²) >= 11 is 1.16. The zero-order chi connectivity index (χ0) is 18.9. The molecule has 11 heteroatoms. The molecule has 0 unspecified atom stereocenters. The summed E-state index contributed by atoms with van der Waals surface area (Å²) in [4.78, 5) is 11.9. The summed E-state index contributed by atoms with van der Waals surface area (Å²) in [5.41, 5.74) is 0.707. The average Bonchev–Trinajstić information content (AvgIpc) is 2.94. The van der Waals surface area contributed by atoms with Crippen LogP contribution >= 0.6 is 11.4 Å². The van der Waals surface area contributed by atoms with Crippen LogP contribution in [-0.2, 0) is 10.0 Å². The van der Waals surface area contributed by atoms with Crippen molar-refractivity contribution in [3.8, 4) is 5.75 Å². The zero-order valence-electron chi connectivity index (χ0n) is 13.2. The third kappa shape index (κ3) is 3.73. The summed E-state index contributed by atoms with van der Waals surface area (Å²) in [5, 5.41) is 5.48. The monoisotopic (exact) mass is 400 g/mol. The van der Waals surface area contributed by atoms with Crippen LogP contribution in [0.15, 0.2) is 46.2 Å². The lowest BCUT2D eigenvalue weighted by Crippen LogP contribution is -2.43. The fourth-order valence-corrected chi connectivity index (χ4v) is 4.03. The number of ether oxygens (including phenoxy) is 1. The molecule has 0 bridgehead atoms. The molecule has 0 spiro atoms. The molecule has 2 aromatic carbocycles. The number of halogens is 2. The predicted octanol–water partition coefficient (Wildman–Crippen LogP) is 2.27. The molecule has 0 aromatic heterocycles. The fraction of sp³-hybridized carbons (Fsp3) is 0.0667. The summed E-state index contributed by atoms with van der Waals surface area (Å²) in [6, 6.07) is 6.03. The van der Waals surface area contributed by atoms with Gasteiger partial charge in [-0.05, 0) is 30.3 Å². The van der Waals surface area contributed by atoms with E-state index in [4.69, 9.17) is 4.74 Å². The van der Waals surface area contributed by atoms with Gasteiger partial charge in [0, 0.05) is 6.07 Å². The number of urea groups is 1. The molecule has 1 heterocycles. The topological polar surface area (TPSA) is 96.5 Å². The molecule has 2 amide bonds. The van der Waals surface area contributed by atoms with Crippen molar-refractivity contribution >= 4 is 38.2 Å². The van der Waals surface area contributed by atoms with Gasteiger partial charge in [-0.3, -0.25) is 5.32 Å². The molecule has 0 fully saturated rings. The van der Waals surface area contributed by atoms with Crippen LogP contribution in [-0.4, -0.2) is 26.7 Å². The van der Waals surface area contributed by atoms with E-state index < -0.39 is 32.6 Å². The van der Waals surface area contributed by atoms with Gasteiger partial charge in [-0.1, -0.05) is 11.4 Å². The first kappa shape index (κ1) is 18.0. The Morgan fingerprint density at radius 3 is 2.65 bits per heavy atom. The standard InChI is InChI=1S/C15H12F2N3O4S2/c1-24-9-3-4-11-12(7-9)25-15(18-11)19-14(21)20-26(22,23)13-5-2-8(16)6-10(13)17/h2-7,18H,1H3,(H2,19,20,21). The molecule has 0 atom stereocenters. The summed E-state index contributed by atoms with van der Waals surface area (Å²) in [7, 11) is -2.98. The average molecular weight is 400 g/mol. The Hall–Kier alpha value is -2.79. The number of nitrogens with one attached hydrogen (secondary N) is 3. The van der Waals surface area contributed by atoms with Crippen molar-refractivity contribution in [2.75, 3.05) is 12.4 Å². The van der Waals surface area contributed by atoms with E-state index in [9.17, 15) is 22.0 Å². The van der Waals surface area contributed by atoms with E-state index in [-0.39, 0.29) is 5.11 Å². The summed E-state index contributed by atoms with van der Waals surface area (Å²) in [5.74, 6) is -1.61. The maximum absolute atomic E-state index is 13.6. The van der Waals surface area contributed by atoms with Crippen LogP contribution in [0.1, 0.15) is 0 Å². The minimum atomic E-state index is -4.50. The molecule has 137 valence electrons. The van der Waals surface area contributed by atoms with E-state index in [1.165, 1.54) is 7.11 Å². The highest BCUT2D eigenvalue weighted by molar-refractivity contribution is 7.99. The number of methoxy groups -OCH3 is 1. The van der Waals surface area contributed by atoms with Gasteiger partial charge in [-0.15, -0.1) is 0 Å². The van der Waals surface area contributed by atoms with E-state index in [1.54, 1.807) is 22.9 Å². The van der Waals surface area contributed by atoms with Crippen LogP contribution < -0.4 is 20.1 Å². The number of hydrogen-bond donors (Lipinski definition) is 3. The molecule has 0 aliphatic carbocycles. The molecule has 0 saturated heterocycles. The highest BCUT2D eigenvalue weighted by atomic mass is 32.2. The van der Waals surface area contributed by atoms with Crippen LogP contribution in [0.25, 0.3) is 0 Å². The van der Waals surface area contributed by atoms with E-state index in [0.717, 1.165) is 28.4 Å². The molecular formula is C15H12F2N3O4S2. The van der Waals surface area contributed by atoms with Gasteiger partial charge in [0.25, 0.3) is 10.0 Å². The molecule has 1 radical (unpaired) electrons. The van der Waals surface area contributed by atoms with Crippen LogP contribution in [0.5, 0.6) is 5.75 Å². The van der Waals surface area contributed by atoms with Crippen molar-refractivity contribution in [1.82, 2.24) is 10.0 Å². The first-order valence-electron chi connectivity index (χ1n) is 7.07. The third-order valence-corrected chi connectivity index (χ3v) is 5.62. The van der Waals surface area contributed by atoms with Gasteiger partial charge in [-0.2, -0.15) is 0 Å². The quantitative estimate of drug-likeness (QED) is 0.687. The Kier molecular flexibility index (Phi) is 4.74. The van der Waals surface area contributed by atoms with Crippen molar-refractivity contribution in [2.24, 2.45) is 0 Å². The van der Waals surface area contributed by atoms with E-state index in [0.29, 0.717) is 17.5 Å². The molecule has 2 aromatic rings. The van der Waals surface area contributed by atoms with E-state index >= 15 is 0 Å². The fourth-order valence-electron chi connectivity index (χ4n) is 2.13. The second kappa shape index (κ2) is 6.84. The Morgan fingerprint density at radius 2 is 1.96 bits per heavy atom. The number of anilines is 1. The minimum absolute atomic E-state index is 0.264. The maximum Gasteiger partial charge on any atom is 0.334 e. The Morgan fingerprint density at radius 1 is 1.19 bits per heavy atom. The summed E-state index contributed by atoms with van der Waals surface area (Å²) in [6.45, 7) is 0. The number of fused-ring (bicyclic) bond motifs is 1. The van der Waals surface area contributed by atoms with Gasteiger partial charge in [0.1, 0.15) is 22.3 Å². The van der Waals surface area contributed by atoms with Crippen LogP contribution in [0, 0.1) is 11.6 Å². The second-order valence-corrected chi connectivity index (χ2v) is 7.76. The van der Waals surface area contributed by atoms with Crippen molar-refractivity contribution in [2.45, 2.75) is 9.79 Å². The van der Waals surface area contributed by atoms with Gasteiger partial charge >= 0.3 is 6.03 Å². The summed E-state index contributed by atoms with van der Waals surface area (Å²) < 4.78 is 57.4. The lowest BCUT2D eigenvalue weighted by Gasteiger charge is -2.10. The number of hydrogen-bond acceptors (Lipinski definition) is 5. The van der Waals surface area contributed by atoms with Gasteiger partial charge in [0.2, 0.25) is 0 Å². The van der Waals surface area contributed by atoms with Crippen molar-refractivity contribution in [3.63, 3.8) is 0 Å². The Balaban J connectivity index is 1.71. The van der Waals surface area contributed by atoms with Crippen LogP contribution in [0.3, 0.4) is 0 Å². The molecule has 1 aliphatic heterocycles. The highest BCUT2D eigenvalue weighted by Crippen LogP contribution is 2.32. The van der Waals surface area contributed by atoms with E-state index in [2.05, 4.69) is 10.6 Å². The number of benzene rings is 2. The number of sulfonamides is 1. The normalized spacial score (nSPS) is 12.7. The Bertz CT molecular complexity index is 1030.